The fourth-order valence-electron chi connectivity index (χ4n) is 1.28. The first-order valence-corrected chi connectivity index (χ1v) is 5.68. The van der Waals surface area contributed by atoms with E-state index in [0.717, 1.165) is 0 Å². The number of nitrogens with zero attached hydrogens (tertiary/aromatic N) is 3. The van der Waals surface area contributed by atoms with E-state index in [1.165, 1.54) is 24.3 Å². The Morgan fingerprint density at radius 1 is 0.783 bits per heavy atom. The highest BCUT2D eigenvalue weighted by atomic mass is 16.4. The van der Waals surface area contributed by atoms with E-state index < -0.39 is 11.9 Å². The number of hydrogen-bond acceptors (Lipinski definition) is 9. The van der Waals surface area contributed by atoms with E-state index in [0.29, 0.717) is 0 Å². The summed E-state index contributed by atoms with van der Waals surface area (Å²) in [7, 11) is 0. The minimum Gasteiger partial charge on any atom is -0.478 e. The van der Waals surface area contributed by atoms with Crippen LogP contribution in [-0.2, 0) is 4.79 Å². The van der Waals surface area contributed by atoms with E-state index in [2.05, 4.69) is 15.0 Å². The number of nitrogen functional groups attached to an aromatic ring is 3. The van der Waals surface area contributed by atoms with E-state index in [4.69, 9.17) is 32.2 Å². The Bertz CT molecular complexity index is 610. The zero-order valence-electron chi connectivity index (χ0n) is 11.7. The van der Waals surface area contributed by atoms with Gasteiger partial charge in [0.2, 0.25) is 17.8 Å². The van der Waals surface area contributed by atoms with E-state index in [9.17, 15) is 9.59 Å². The number of benzene rings is 1. The Kier molecular flexibility index (Phi) is 7.72. The molecule has 1 aromatic carbocycles. The van der Waals surface area contributed by atoms with Gasteiger partial charge in [-0.25, -0.2) is 9.59 Å². The van der Waals surface area contributed by atoms with Crippen molar-refractivity contribution in [2.24, 2.45) is 0 Å². The van der Waals surface area contributed by atoms with Crippen LogP contribution in [0.25, 0.3) is 0 Å². The van der Waals surface area contributed by atoms with Crippen LogP contribution in [-0.4, -0.2) is 43.9 Å². The fraction of sp³-hybridized carbons (Fsp3) is 0. The molecule has 1 heterocycles. The molecule has 2 rings (SSSR count). The van der Waals surface area contributed by atoms with Gasteiger partial charge in [0.25, 0.3) is 0 Å². The van der Waals surface area contributed by atoms with Gasteiger partial charge < -0.3 is 32.2 Å². The Morgan fingerprint density at radius 3 is 1.26 bits per heavy atom. The largest absolute Gasteiger partial charge is 0.478 e. The second-order valence-corrected chi connectivity index (χ2v) is 3.57. The maximum Gasteiger partial charge on any atom is 0.336 e. The molecule has 11 nitrogen and oxygen atoms in total. The van der Waals surface area contributed by atoms with Gasteiger partial charge in [0.05, 0.1) is 11.1 Å². The molecule has 122 valence electrons. The molecule has 0 unspecified atom stereocenters. The van der Waals surface area contributed by atoms with Crippen molar-refractivity contribution in [3.8, 4) is 0 Å². The average molecular weight is 322 g/mol. The van der Waals surface area contributed by atoms with Crippen molar-refractivity contribution >= 4 is 36.6 Å². The number of carboxylic acids is 2. The van der Waals surface area contributed by atoms with Gasteiger partial charge in [-0.15, -0.1) is 0 Å². The highest BCUT2D eigenvalue weighted by molar-refractivity contribution is 6.01. The van der Waals surface area contributed by atoms with Crippen LogP contribution in [0.3, 0.4) is 0 Å². The predicted molar refractivity (Wildman–Crippen MR) is 80.5 cm³/mol. The standard InChI is InChI=1S/C8H6O4.C3H6N6.CH2O/c9-7(10)5-3-1-2-4-6(5)8(11)12;4-1-7-2(5)9-3(6)8-1;1-2/h1-4H,(H,9,10)(H,11,12);(H6,4,5,6,7,8,9);1H2. The molecular weight excluding hydrogens is 308 g/mol. The molecule has 8 N–H and O–H groups in total. The molecule has 0 saturated carbocycles. The highest BCUT2D eigenvalue weighted by Crippen LogP contribution is 2.07. The number of hydrogen-bond donors (Lipinski definition) is 5. The number of carbonyl (C=O) groups is 3. The summed E-state index contributed by atoms with van der Waals surface area (Å²) in [4.78, 5) is 39.4. The lowest BCUT2D eigenvalue weighted by Gasteiger charge is -1.98. The van der Waals surface area contributed by atoms with Crippen molar-refractivity contribution in [1.82, 2.24) is 15.0 Å². The highest BCUT2D eigenvalue weighted by Gasteiger charge is 2.13. The summed E-state index contributed by atoms with van der Waals surface area (Å²) in [5.74, 6) is -2.33. The van der Waals surface area contributed by atoms with Crippen molar-refractivity contribution in [1.29, 1.82) is 0 Å². The second-order valence-electron chi connectivity index (χ2n) is 3.57. The summed E-state index contributed by atoms with van der Waals surface area (Å²) in [6.45, 7) is 2.00. The molecule has 0 atom stereocenters. The summed E-state index contributed by atoms with van der Waals surface area (Å²) in [5, 5.41) is 17.1. The van der Waals surface area contributed by atoms with Gasteiger partial charge in [0, 0.05) is 0 Å². The molecule has 11 heteroatoms. The lowest BCUT2D eigenvalue weighted by molar-refractivity contribution is -0.0980. The van der Waals surface area contributed by atoms with Gasteiger partial charge in [0.15, 0.2) is 0 Å². The number of carboxylic acid groups (broad SMARTS) is 2. The van der Waals surface area contributed by atoms with Crippen LogP contribution >= 0.6 is 0 Å². The van der Waals surface area contributed by atoms with Crippen LogP contribution in [0.15, 0.2) is 24.3 Å². The first kappa shape index (κ1) is 19.2. The summed E-state index contributed by atoms with van der Waals surface area (Å²) in [6.07, 6.45) is 0. The van der Waals surface area contributed by atoms with E-state index in [1.807, 2.05) is 6.79 Å². The van der Waals surface area contributed by atoms with Crippen LogP contribution < -0.4 is 17.2 Å². The lowest BCUT2D eigenvalue weighted by atomic mass is 10.1. The number of carbonyl (C=O) groups excluding carboxylic acids is 1. The molecule has 1 aromatic heterocycles. The number of aromatic carboxylic acids is 2. The molecule has 0 bridgehead atoms. The van der Waals surface area contributed by atoms with E-state index in [1.54, 1.807) is 0 Å². The smallest absolute Gasteiger partial charge is 0.336 e. The van der Waals surface area contributed by atoms with Gasteiger partial charge >= 0.3 is 11.9 Å². The number of rotatable bonds is 2. The molecule has 0 amide bonds. The molecule has 23 heavy (non-hydrogen) atoms. The van der Waals surface area contributed by atoms with Crippen LogP contribution in [0.2, 0.25) is 0 Å². The Hall–Kier alpha value is -3.76. The number of anilines is 3. The van der Waals surface area contributed by atoms with Crippen LogP contribution in [0, 0.1) is 0 Å². The number of aromatic nitrogens is 3. The Balaban J connectivity index is 0.000000392. The van der Waals surface area contributed by atoms with Crippen molar-refractivity contribution in [2.45, 2.75) is 0 Å². The molecule has 0 aliphatic carbocycles. The van der Waals surface area contributed by atoms with Crippen LogP contribution in [0.4, 0.5) is 17.8 Å². The third kappa shape index (κ3) is 6.48. The molecule has 0 saturated heterocycles. The first-order valence-electron chi connectivity index (χ1n) is 5.68. The molecular formula is C12H14N6O5. The first-order chi connectivity index (χ1) is 10.8. The maximum absolute atomic E-state index is 10.5. The van der Waals surface area contributed by atoms with Gasteiger partial charge in [-0.1, -0.05) is 12.1 Å². The zero-order valence-corrected chi connectivity index (χ0v) is 11.7. The third-order valence-electron chi connectivity index (χ3n) is 2.08. The van der Waals surface area contributed by atoms with Crippen molar-refractivity contribution < 1.29 is 24.6 Å². The maximum atomic E-state index is 10.5. The van der Waals surface area contributed by atoms with Gasteiger partial charge in [0.1, 0.15) is 6.79 Å². The van der Waals surface area contributed by atoms with Crippen molar-refractivity contribution in [3.63, 3.8) is 0 Å². The van der Waals surface area contributed by atoms with Crippen LogP contribution in [0.5, 0.6) is 0 Å². The van der Waals surface area contributed by atoms with Crippen molar-refractivity contribution in [3.05, 3.63) is 35.4 Å². The molecule has 0 radical (unpaired) electrons. The fourth-order valence-corrected chi connectivity index (χ4v) is 1.28. The van der Waals surface area contributed by atoms with Crippen LogP contribution in [0.1, 0.15) is 20.7 Å². The third-order valence-corrected chi connectivity index (χ3v) is 2.08. The monoisotopic (exact) mass is 322 g/mol. The van der Waals surface area contributed by atoms with Gasteiger partial charge in [-0.05, 0) is 12.1 Å². The number of nitrogens with two attached hydrogens (primary N) is 3. The van der Waals surface area contributed by atoms with Crippen molar-refractivity contribution in [2.75, 3.05) is 17.2 Å². The molecule has 0 aliphatic heterocycles. The predicted octanol–water partition coefficient (Wildman–Crippen LogP) is -0.484. The van der Waals surface area contributed by atoms with Gasteiger partial charge in [-0.3, -0.25) is 0 Å². The second kappa shape index (κ2) is 9.23. The minimum atomic E-state index is -1.23. The SMILES string of the molecule is C=O.Nc1nc(N)nc(N)n1.O=C(O)c1ccccc1C(=O)O. The molecule has 0 spiro atoms. The van der Waals surface area contributed by atoms with E-state index in [-0.39, 0.29) is 29.0 Å². The van der Waals surface area contributed by atoms with E-state index >= 15 is 0 Å². The summed E-state index contributed by atoms with van der Waals surface area (Å²) in [6, 6.07) is 5.48. The normalized spacial score (nSPS) is 8.70. The molecule has 2 aromatic rings. The average Bonchev–Trinajstić information content (AvgIpc) is 2.48. The summed E-state index contributed by atoms with van der Waals surface area (Å²) < 4.78 is 0. The minimum absolute atomic E-state index is 0.0417. The Labute approximate surface area is 129 Å². The topological polar surface area (TPSA) is 208 Å². The molecule has 0 fully saturated rings. The quantitative estimate of drug-likeness (QED) is 0.476. The molecule has 0 aliphatic rings. The zero-order chi connectivity index (χ0) is 18.0. The lowest BCUT2D eigenvalue weighted by Crippen LogP contribution is -2.06. The van der Waals surface area contributed by atoms with Gasteiger partial charge in [-0.2, -0.15) is 15.0 Å². The Morgan fingerprint density at radius 2 is 1.04 bits per heavy atom. The summed E-state index contributed by atoms with van der Waals surface area (Å²) >= 11 is 0. The summed E-state index contributed by atoms with van der Waals surface area (Å²) in [5.41, 5.74) is 15.0.